The zero-order chi connectivity index (χ0) is 20.6. The molecule has 1 unspecified atom stereocenters. The van der Waals surface area contributed by atoms with Crippen molar-refractivity contribution >= 4 is 23.2 Å². The van der Waals surface area contributed by atoms with Crippen molar-refractivity contribution in [2.24, 2.45) is 0 Å². The lowest BCUT2D eigenvalue weighted by Gasteiger charge is -2.23. The summed E-state index contributed by atoms with van der Waals surface area (Å²) < 4.78 is 13.7. The van der Waals surface area contributed by atoms with Gasteiger partial charge in [-0.3, -0.25) is 14.5 Å². The molecule has 0 saturated heterocycles. The molecule has 29 heavy (non-hydrogen) atoms. The number of hydrogen-bond donors (Lipinski definition) is 2. The number of benzene rings is 3. The Kier molecular flexibility index (Phi) is 4.64. The van der Waals surface area contributed by atoms with Crippen LogP contribution in [0.15, 0.2) is 72.8 Å². The lowest BCUT2D eigenvalue weighted by molar-refractivity contribution is -0.133. The minimum Gasteiger partial charge on any atom is -0.372 e. The van der Waals surface area contributed by atoms with Gasteiger partial charge in [-0.1, -0.05) is 54.6 Å². The average molecular weight is 390 g/mol. The second kappa shape index (κ2) is 7.14. The highest BCUT2D eigenvalue weighted by Gasteiger charge is 2.51. The standard InChI is InChI=1S/C23H19FN2O3/c1-15-11-12-17(13-19(15)24)25-21(27)14-26-20-10-6-5-9-18(20)23(29,22(26)28)16-7-3-2-4-8-16/h2-13,29H,14H2,1H3,(H,25,27). The lowest BCUT2D eigenvalue weighted by Crippen LogP contribution is -2.44. The molecule has 0 aliphatic carbocycles. The predicted molar refractivity (Wildman–Crippen MR) is 108 cm³/mol. The van der Waals surface area contributed by atoms with E-state index in [-0.39, 0.29) is 6.54 Å². The van der Waals surface area contributed by atoms with Crippen LogP contribution in [0.5, 0.6) is 0 Å². The van der Waals surface area contributed by atoms with Gasteiger partial charge in [0.2, 0.25) is 5.91 Å². The molecule has 0 saturated carbocycles. The van der Waals surface area contributed by atoms with Crippen LogP contribution in [0.2, 0.25) is 0 Å². The number of hydrogen-bond acceptors (Lipinski definition) is 3. The van der Waals surface area contributed by atoms with E-state index < -0.39 is 23.2 Å². The van der Waals surface area contributed by atoms with Gasteiger partial charge in [-0.25, -0.2) is 4.39 Å². The molecule has 1 heterocycles. The van der Waals surface area contributed by atoms with Crippen LogP contribution in [-0.2, 0) is 15.2 Å². The molecule has 3 aromatic carbocycles. The third-order valence-corrected chi connectivity index (χ3v) is 5.09. The maximum Gasteiger partial charge on any atom is 0.268 e. The Morgan fingerprint density at radius 3 is 2.48 bits per heavy atom. The van der Waals surface area contributed by atoms with Gasteiger partial charge in [-0.2, -0.15) is 0 Å². The fraction of sp³-hybridized carbons (Fsp3) is 0.130. The first-order valence-corrected chi connectivity index (χ1v) is 9.16. The number of carbonyl (C=O) groups is 2. The van der Waals surface area contributed by atoms with Crippen LogP contribution in [0.1, 0.15) is 16.7 Å². The number of nitrogens with zero attached hydrogens (tertiary/aromatic N) is 1. The van der Waals surface area contributed by atoms with Gasteiger partial charge in [0, 0.05) is 11.3 Å². The first kappa shape index (κ1) is 18.8. The van der Waals surface area contributed by atoms with Gasteiger partial charge in [0.05, 0.1) is 5.69 Å². The van der Waals surface area contributed by atoms with Crippen LogP contribution in [0.3, 0.4) is 0 Å². The van der Waals surface area contributed by atoms with Gasteiger partial charge in [0.1, 0.15) is 12.4 Å². The summed E-state index contributed by atoms with van der Waals surface area (Å²) in [6.45, 7) is 1.33. The van der Waals surface area contributed by atoms with E-state index in [9.17, 15) is 19.1 Å². The van der Waals surface area contributed by atoms with Crippen molar-refractivity contribution < 1.29 is 19.1 Å². The van der Waals surface area contributed by atoms with Crippen molar-refractivity contribution in [2.75, 3.05) is 16.8 Å². The maximum atomic E-state index is 13.7. The number of halogens is 1. The Morgan fingerprint density at radius 2 is 1.76 bits per heavy atom. The Hall–Kier alpha value is -3.51. The van der Waals surface area contributed by atoms with E-state index in [2.05, 4.69) is 5.32 Å². The number of nitrogens with one attached hydrogen (secondary N) is 1. The molecule has 5 nitrogen and oxygen atoms in total. The van der Waals surface area contributed by atoms with Crippen molar-refractivity contribution in [1.82, 2.24) is 0 Å². The average Bonchev–Trinajstić information content (AvgIpc) is 2.94. The van der Waals surface area contributed by atoms with Gasteiger partial charge < -0.3 is 10.4 Å². The number of fused-ring (bicyclic) bond motifs is 1. The quantitative estimate of drug-likeness (QED) is 0.718. The third-order valence-electron chi connectivity index (χ3n) is 5.09. The van der Waals surface area contributed by atoms with E-state index in [0.29, 0.717) is 28.1 Å². The Morgan fingerprint density at radius 1 is 1.07 bits per heavy atom. The zero-order valence-corrected chi connectivity index (χ0v) is 15.7. The Labute approximate surface area is 167 Å². The minimum atomic E-state index is -1.87. The largest absolute Gasteiger partial charge is 0.372 e. The summed E-state index contributed by atoms with van der Waals surface area (Å²) in [6, 6.07) is 19.8. The second-order valence-corrected chi connectivity index (χ2v) is 7.00. The van der Waals surface area contributed by atoms with Gasteiger partial charge in [-0.05, 0) is 36.2 Å². The molecule has 0 radical (unpaired) electrons. The van der Waals surface area contributed by atoms with Crippen molar-refractivity contribution in [2.45, 2.75) is 12.5 Å². The number of para-hydroxylation sites is 1. The molecule has 0 spiro atoms. The Bertz CT molecular complexity index is 1100. The van der Waals surface area contributed by atoms with E-state index in [1.54, 1.807) is 73.7 Å². The van der Waals surface area contributed by atoms with Crippen molar-refractivity contribution in [3.63, 3.8) is 0 Å². The summed E-state index contributed by atoms with van der Waals surface area (Å²) in [7, 11) is 0. The van der Waals surface area contributed by atoms with E-state index in [1.165, 1.54) is 11.0 Å². The molecule has 146 valence electrons. The smallest absolute Gasteiger partial charge is 0.268 e. The van der Waals surface area contributed by atoms with E-state index >= 15 is 0 Å². The summed E-state index contributed by atoms with van der Waals surface area (Å²) >= 11 is 0. The molecule has 0 bridgehead atoms. The molecule has 0 aromatic heterocycles. The lowest BCUT2D eigenvalue weighted by atomic mass is 9.88. The predicted octanol–water partition coefficient (Wildman–Crippen LogP) is 3.36. The van der Waals surface area contributed by atoms with Crippen LogP contribution < -0.4 is 10.2 Å². The first-order chi connectivity index (χ1) is 13.9. The molecule has 4 rings (SSSR count). The van der Waals surface area contributed by atoms with Crippen LogP contribution in [0.4, 0.5) is 15.8 Å². The maximum absolute atomic E-state index is 13.7. The molecule has 0 fully saturated rings. The summed E-state index contributed by atoms with van der Waals surface area (Å²) in [4.78, 5) is 27.0. The highest BCUT2D eigenvalue weighted by Crippen LogP contribution is 2.44. The van der Waals surface area contributed by atoms with Crippen molar-refractivity contribution in [3.05, 3.63) is 95.3 Å². The number of aryl methyl sites for hydroxylation is 1. The monoisotopic (exact) mass is 390 g/mol. The minimum absolute atomic E-state index is 0.302. The molecule has 1 aliphatic heterocycles. The Balaban J connectivity index is 1.63. The van der Waals surface area contributed by atoms with Crippen molar-refractivity contribution in [3.8, 4) is 0 Å². The second-order valence-electron chi connectivity index (χ2n) is 7.00. The summed E-state index contributed by atoms with van der Waals surface area (Å²) in [5, 5.41) is 14.0. The molecule has 2 amide bonds. The van der Waals surface area contributed by atoms with E-state index in [1.807, 2.05) is 0 Å². The van der Waals surface area contributed by atoms with Crippen LogP contribution in [0.25, 0.3) is 0 Å². The van der Waals surface area contributed by atoms with Crippen LogP contribution in [-0.4, -0.2) is 23.5 Å². The van der Waals surface area contributed by atoms with Crippen LogP contribution in [0, 0.1) is 12.7 Å². The normalized spacial score (nSPS) is 17.9. The molecule has 2 N–H and O–H groups in total. The fourth-order valence-corrected chi connectivity index (χ4v) is 3.56. The van der Waals surface area contributed by atoms with Gasteiger partial charge in [0.15, 0.2) is 5.60 Å². The van der Waals surface area contributed by atoms with Crippen molar-refractivity contribution in [1.29, 1.82) is 0 Å². The molecule has 1 atom stereocenters. The molecule has 3 aromatic rings. The van der Waals surface area contributed by atoms with Gasteiger partial charge in [-0.15, -0.1) is 0 Å². The van der Waals surface area contributed by atoms with Gasteiger partial charge >= 0.3 is 0 Å². The van der Waals surface area contributed by atoms with E-state index in [4.69, 9.17) is 0 Å². The SMILES string of the molecule is Cc1ccc(NC(=O)CN2C(=O)C(O)(c3ccccc3)c3ccccc32)cc1F. The molecular weight excluding hydrogens is 371 g/mol. The summed E-state index contributed by atoms with van der Waals surface area (Å²) in [5.41, 5.74) is 0.227. The fourth-order valence-electron chi connectivity index (χ4n) is 3.56. The number of anilines is 2. The number of amides is 2. The highest BCUT2D eigenvalue weighted by atomic mass is 19.1. The topological polar surface area (TPSA) is 69.6 Å². The number of aliphatic hydroxyl groups is 1. The summed E-state index contributed by atoms with van der Waals surface area (Å²) in [5.74, 6) is -1.52. The first-order valence-electron chi connectivity index (χ1n) is 9.16. The molecule has 1 aliphatic rings. The third kappa shape index (κ3) is 3.17. The highest BCUT2D eigenvalue weighted by molar-refractivity contribution is 6.12. The van der Waals surface area contributed by atoms with Gasteiger partial charge in [0.25, 0.3) is 5.91 Å². The molecular formula is C23H19FN2O3. The number of rotatable bonds is 4. The van der Waals surface area contributed by atoms with E-state index in [0.717, 1.165) is 0 Å². The summed E-state index contributed by atoms with van der Waals surface area (Å²) in [6.07, 6.45) is 0. The molecule has 6 heteroatoms. The zero-order valence-electron chi connectivity index (χ0n) is 15.7. The number of carbonyl (C=O) groups excluding carboxylic acids is 2. The van der Waals surface area contributed by atoms with Crippen LogP contribution >= 0.6 is 0 Å².